The number of carbonyl (C=O) groups excluding carboxylic acids is 1. The van der Waals surface area contributed by atoms with E-state index in [0.717, 1.165) is 15.5 Å². The number of carbonyl (C=O) groups is 1. The van der Waals surface area contributed by atoms with Gasteiger partial charge in [0.2, 0.25) is 0 Å². The van der Waals surface area contributed by atoms with Crippen molar-refractivity contribution in [2.75, 3.05) is 13.2 Å². The van der Waals surface area contributed by atoms with E-state index in [9.17, 15) is 4.79 Å². The molecule has 2 atom stereocenters. The van der Waals surface area contributed by atoms with Gasteiger partial charge in [0.1, 0.15) is 24.7 Å². The first kappa shape index (κ1) is 15.9. The third-order valence-corrected chi connectivity index (χ3v) is 6.27. The molecule has 2 unspecified atom stereocenters. The highest BCUT2D eigenvalue weighted by Gasteiger charge is 2.28. The number of fused-ring (bicyclic) bond motifs is 1. The minimum absolute atomic E-state index is 0.00296. The average Bonchev–Trinajstić information content (AvgIpc) is 2.61. The van der Waals surface area contributed by atoms with E-state index >= 15 is 0 Å². The Morgan fingerprint density at radius 1 is 0.917 bits per heavy atom. The van der Waals surface area contributed by atoms with E-state index < -0.39 is 0 Å². The lowest BCUT2D eigenvalue weighted by Crippen LogP contribution is -2.19. The maximum absolute atomic E-state index is 12.9. The van der Waals surface area contributed by atoms with Crippen molar-refractivity contribution in [1.29, 1.82) is 0 Å². The Balaban J connectivity index is 1.88. The summed E-state index contributed by atoms with van der Waals surface area (Å²) in [4.78, 5) is 15.0. The number of rotatable bonds is 0. The molecule has 3 nitrogen and oxygen atoms in total. The molecule has 0 amide bonds. The quantitative estimate of drug-likeness (QED) is 0.684. The molecule has 0 saturated carbocycles. The van der Waals surface area contributed by atoms with Crippen molar-refractivity contribution in [3.63, 3.8) is 0 Å². The maximum Gasteiger partial charge on any atom is 0.196 e. The van der Waals surface area contributed by atoms with Crippen molar-refractivity contribution < 1.29 is 14.3 Å². The molecule has 4 heterocycles. The zero-order valence-corrected chi connectivity index (χ0v) is 15.2. The van der Waals surface area contributed by atoms with E-state index in [1.54, 1.807) is 23.5 Å². The highest BCUT2D eigenvalue weighted by molar-refractivity contribution is 8.00. The Morgan fingerprint density at radius 3 is 2.42 bits per heavy atom. The van der Waals surface area contributed by atoms with Gasteiger partial charge in [-0.05, 0) is 50.2 Å². The van der Waals surface area contributed by atoms with Crippen LogP contribution in [0.25, 0.3) is 0 Å². The van der Waals surface area contributed by atoms with E-state index in [4.69, 9.17) is 9.47 Å². The van der Waals surface area contributed by atoms with Crippen LogP contribution in [-0.4, -0.2) is 29.5 Å². The molecule has 0 spiro atoms. The molecule has 124 valence electrons. The first-order valence-electron chi connectivity index (χ1n) is 8.02. The van der Waals surface area contributed by atoms with Gasteiger partial charge in [-0.1, -0.05) is 0 Å². The van der Waals surface area contributed by atoms with Crippen molar-refractivity contribution in [2.45, 2.75) is 34.1 Å². The average molecular weight is 358 g/mol. The van der Waals surface area contributed by atoms with Gasteiger partial charge in [0.05, 0.1) is 10.5 Å². The molecule has 5 heteroatoms. The number of ketones is 1. The molecule has 4 aliphatic heterocycles. The van der Waals surface area contributed by atoms with Crippen LogP contribution in [0.3, 0.4) is 0 Å². The highest BCUT2D eigenvalue weighted by atomic mass is 32.2. The second-order valence-electron chi connectivity index (χ2n) is 6.10. The van der Waals surface area contributed by atoms with Crippen LogP contribution in [0.5, 0.6) is 11.5 Å². The van der Waals surface area contributed by atoms with Crippen molar-refractivity contribution in [3.05, 3.63) is 47.5 Å². The smallest absolute Gasteiger partial charge is 0.196 e. The first-order valence-corrected chi connectivity index (χ1v) is 9.78. The van der Waals surface area contributed by atoms with Crippen molar-refractivity contribution >= 4 is 29.3 Å². The van der Waals surface area contributed by atoms with Crippen molar-refractivity contribution in [3.8, 4) is 11.5 Å². The molecular weight excluding hydrogens is 340 g/mol. The standard InChI is InChI=1S/C19H18O3S2/c1-11-9-21-16-8-7-15(18-19(16)24-12(2)10-22-18)17(20)13-3-5-14(23-11)6-4-13/h3-8,11-12H,9-10H2,1-2H3. The second kappa shape index (κ2) is 6.37. The Hall–Kier alpha value is -1.59. The largest absolute Gasteiger partial charge is 0.491 e. The van der Waals surface area contributed by atoms with Crippen LogP contribution in [0.4, 0.5) is 0 Å². The lowest BCUT2D eigenvalue weighted by atomic mass is 10.0. The Labute approximate surface area is 150 Å². The van der Waals surface area contributed by atoms with Gasteiger partial charge in [0, 0.05) is 21.0 Å². The lowest BCUT2D eigenvalue weighted by Gasteiger charge is -2.26. The van der Waals surface area contributed by atoms with Gasteiger partial charge in [0.25, 0.3) is 0 Å². The van der Waals surface area contributed by atoms with Crippen LogP contribution in [0.2, 0.25) is 0 Å². The zero-order valence-electron chi connectivity index (χ0n) is 13.6. The minimum atomic E-state index is -0.00296. The number of hydrogen-bond donors (Lipinski definition) is 0. The van der Waals surface area contributed by atoms with Crippen LogP contribution in [0, 0.1) is 0 Å². The summed E-state index contributed by atoms with van der Waals surface area (Å²) in [6.07, 6.45) is 0. The maximum atomic E-state index is 12.9. The van der Waals surface area contributed by atoms with E-state index in [1.165, 1.54) is 0 Å². The van der Waals surface area contributed by atoms with Gasteiger partial charge in [-0.2, -0.15) is 0 Å². The summed E-state index contributed by atoms with van der Waals surface area (Å²) in [5, 5.41) is 0.654. The molecule has 0 N–H and O–H groups in total. The molecule has 24 heavy (non-hydrogen) atoms. The molecule has 6 rings (SSSR count). The van der Waals surface area contributed by atoms with Gasteiger partial charge in [-0.15, -0.1) is 23.5 Å². The fourth-order valence-electron chi connectivity index (χ4n) is 2.84. The number of thioether (sulfide) groups is 2. The molecule has 0 radical (unpaired) electrons. The van der Waals surface area contributed by atoms with Gasteiger partial charge in [-0.25, -0.2) is 0 Å². The molecule has 4 bridgehead atoms. The fourth-order valence-corrected chi connectivity index (χ4v) is 4.79. The minimum Gasteiger partial charge on any atom is -0.491 e. The predicted molar refractivity (Wildman–Crippen MR) is 97.9 cm³/mol. The molecule has 2 aromatic carbocycles. The fraction of sp³-hybridized carbons (Fsp3) is 0.316. The summed E-state index contributed by atoms with van der Waals surface area (Å²) in [7, 11) is 0. The third kappa shape index (κ3) is 2.91. The van der Waals surface area contributed by atoms with E-state index in [1.807, 2.05) is 36.4 Å². The summed E-state index contributed by atoms with van der Waals surface area (Å²) >= 11 is 3.48. The Morgan fingerprint density at radius 2 is 1.62 bits per heavy atom. The third-order valence-electron chi connectivity index (χ3n) is 4.03. The van der Waals surface area contributed by atoms with Gasteiger partial charge in [0.15, 0.2) is 5.78 Å². The van der Waals surface area contributed by atoms with E-state index in [2.05, 4.69) is 13.8 Å². The number of benzene rings is 2. The monoisotopic (exact) mass is 358 g/mol. The first-order chi connectivity index (χ1) is 11.6. The molecule has 0 saturated heterocycles. The molecule has 4 aliphatic rings. The van der Waals surface area contributed by atoms with Crippen LogP contribution >= 0.6 is 23.5 Å². The van der Waals surface area contributed by atoms with Crippen molar-refractivity contribution in [1.82, 2.24) is 0 Å². The molecule has 0 aliphatic carbocycles. The topological polar surface area (TPSA) is 35.5 Å². The normalized spacial score (nSPS) is 22.7. The summed E-state index contributed by atoms with van der Waals surface area (Å²) in [5.74, 6) is 1.48. The van der Waals surface area contributed by atoms with Gasteiger partial charge in [-0.3, -0.25) is 4.79 Å². The van der Waals surface area contributed by atoms with E-state index in [-0.39, 0.29) is 5.78 Å². The van der Waals surface area contributed by atoms with E-state index in [0.29, 0.717) is 40.6 Å². The molecule has 0 fully saturated rings. The van der Waals surface area contributed by atoms with Crippen LogP contribution in [0.15, 0.2) is 46.2 Å². The van der Waals surface area contributed by atoms with Crippen LogP contribution < -0.4 is 9.47 Å². The Bertz CT molecular complexity index is 786. The Kier molecular flexibility index (Phi) is 4.22. The summed E-state index contributed by atoms with van der Waals surface area (Å²) in [6, 6.07) is 11.5. The zero-order chi connectivity index (χ0) is 16.7. The summed E-state index contributed by atoms with van der Waals surface area (Å²) in [6.45, 7) is 5.49. The van der Waals surface area contributed by atoms with Gasteiger partial charge < -0.3 is 9.47 Å². The number of ether oxygens (including phenoxy) is 2. The number of hydrogen-bond acceptors (Lipinski definition) is 5. The SMILES string of the molecule is CC1COc2ccc(c3c2SC(C)CO3)C(=O)c2ccc(cc2)S1. The molecular formula is C19H18O3S2. The van der Waals surface area contributed by atoms with Crippen molar-refractivity contribution in [2.24, 2.45) is 0 Å². The van der Waals surface area contributed by atoms with Crippen LogP contribution in [0.1, 0.15) is 29.8 Å². The lowest BCUT2D eigenvalue weighted by molar-refractivity contribution is 0.103. The summed E-state index contributed by atoms with van der Waals surface area (Å²) in [5.41, 5.74) is 1.30. The molecule has 2 aromatic rings. The highest BCUT2D eigenvalue weighted by Crippen LogP contribution is 2.46. The molecule has 0 aromatic heterocycles. The predicted octanol–water partition coefficient (Wildman–Crippen LogP) is 4.66. The summed E-state index contributed by atoms with van der Waals surface area (Å²) < 4.78 is 12.0. The van der Waals surface area contributed by atoms with Crippen LogP contribution in [-0.2, 0) is 0 Å². The van der Waals surface area contributed by atoms with Gasteiger partial charge >= 0.3 is 0 Å². The second-order valence-corrected chi connectivity index (χ2v) is 9.06.